The summed E-state index contributed by atoms with van der Waals surface area (Å²) in [4.78, 5) is 28.2. The summed E-state index contributed by atoms with van der Waals surface area (Å²) < 4.78 is 4.14. The van der Waals surface area contributed by atoms with Gasteiger partial charge in [-0.2, -0.15) is 0 Å². The summed E-state index contributed by atoms with van der Waals surface area (Å²) in [5.74, 6) is 0.612. The number of rotatable bonds is 3. The Balaban J connectivity index is 2.83. The predicted octanol–water partition coefficient (Wildman–Crippen LogP) is -0.487. The molecule has 2 aromatic rings. The number of hydrogen-bond acceptors (Lipinski definition) is 4. The van der Waals surface area contributed by atoms with Crippen molar-refractivity contribution in [2.75, 3.05) is 0 Å². The van der Waals surface area contributed by atoms with Gasteiger partial charge in [-0.25, -0.2) is 9.78 Å². The molecule has 2 rings (SSSR count). The van der Waals surface area contributed by atoms with Gasteiger partial charge in [0.2, 0.25) is 0 Å². The second-order valence-electron chi connectivity index (χ2n) is 4.71. The zero-order chi connectivity index (χ0) is 14.3. The molecule has 0 amide bonds. The highest BCUT2D eigenvalue weighted by atomic mass is 16.3. The molecule has 1 atom stereocenters. The van der Waals surface area contributed by atoms with Crippen molar-refractivity contribution in [1.82, 2.24) is 18.7 Å². The van der Waals surface area contributed by atoms with Crippen molar-refractivity contribution in [2.45, 2.75) is 32.9 Å². The van der Waals surface area contributed by atoms with Crippen LogP contribution in [0.5, 0.6) is 0 Å². The van der Waals surface area contributed by atoms with Crippen molar-refractivity contribution < 1.29 is 5.11 Å². The summed E-state index contributed by atoms with van der Waals surface area (Å²) >= 11 is 0. The van der Waals surface area contributed by atoms with Crippen LogP contribution in [0.1, 0.15) is 19.2 Å². The lowest BCUT2D eigenvalue weighted by molar-refractivity contribution is 0.150. The second kappa shape index (κ2) is 4.65. The minimum Gasteiger partial charge on any atom is -0.391 e. The molecule has 0 fully saturated rings. The fraction of sp³-hybridized carbons (Fsp3) is 0.583. The van der Waals surface area contributed by atoms with Gasteiger partial charge in [0.25, 0.3) is 5.56 Å². The average Bonchev–Trinajstić information content (AvgIpc) is 2.71. The van der Waals surface area contributed by atoms with Crippen LogP contribution in [0, 0.1) is 6.92 Å². The van der Waals surface area contributed by atoms with Gasteiger partial charge >= 0.3 is 5.69 Å². The zero-order valence-corrected chi connectivity index (χ0v) is 11.5. The fourth-order valence-corrected chi connectivity index (χ4v) is 2.16. The maximum absolute atomic E-state index is 12.0. The van der Waals surface area contributed by atoms with Crippen LogP contribution < -0.4 is 11.2 Å². The molecule has 1 N–H and O–H groups in total. The highest BCUT2D eigenvalue weighted by Gasteiger charge is 2.18. The molecule has 19 heavy (non-hydrogen) atoms. The van der Waals surface area contributed by atoms with Crippen LogP contribution in [0.4, 0.5) is 0 Å². The Kier molecular flexibility index (Phi) is 3.32. The summed E-state index contributed by atoms with van der Waals surface area (Å²) in [6.07, 6.45) is 0.0630. The Labute approximate surface area is 109 Å². The fourth-order valence-electron chi connectivity index (χ4n) is 2.16. The maximum Gasteiger partial charge on any atom is 0.332 e. The van der Waals surface area contributed by atoms with Crippen molar-refractivity contribution in [3.8, 4) is 0 Å². The number of hydrogen-bond donors (Lipinski definition) is 1. The third-order valence-corrected chi connectivity index (χ3v) is 3.40. The number of aromatic nitrogens is 4. The van der Waals surface area contributed by atoms with E-state index in [1.807, 2.05) is 6.92 Å². The summed E-state index contributed by atoms with van der Waals surface area (Å²) in [5.41, 5.74) is -0.0981. The Morgan fingerprint density at radius 3 is 2.47 bits per heavy atom. The van der Waals surface area contributed by atoms with Crippen molar-refractivity contribution in [1.29, 1.82) is 0 Å². The molecular formula is C12H18N4O3. The molecule has 0 aliphatic carbocycles. The highest BCUT2D eigenvalue weighted by Crippen LogP contribution is 2.12. The molecule has 7 heteroatoms. The quantitative estimate of drug-likeness (QED) is 0.813. The molecule has 0 aliphatic heterocycles. The van der Waals surface area contributed by atoms with Crippen LogP contribution in [0.2, 0.25) is 0 Å². The van der Waals surface area contributed by atoms with Crippen LogP contribution in [0.3, 0.4) is 0 Å². The van der Waals surface area contributed by atoms with Gasteiger partial charge in [-0.05, 0) is 13.3 Å². The van der Waals surface area contributed by atoms with Gasteiger partial charge in [-0.3, -0.25) is 13.9 Å². The molecule has 0 radical (unpaired) electrons. The second-order valence-corrected chi connectivity index (χ2v) is 4.71. The third-order valence-electron chi connectivity index (χ3n) is 3.40. The van der Waals surface area contributed by atoms with E-state index in [2.05, 4.69) is 4.98 Å². The van der Waals surface area contributed by atoms with Crippen molar-refractivity contribution in [3.05, 3.63) is 26.7 Å². The molecule has 1 unspecified atom stereocenters. The van der Waals surface area contributed by atoms with Crippen LogP contribution >= 0.6 is 0 Å². The Hall–Kier alpha value is -1.89. The lowest BCUT2D eigenvalue weighted by Gasteiger charge is -2.13. The largest absolute Gasteiger partial charge is 0.391 e. The zero-order valence-electron chi connectivity index (χ0n) is 11.5. The monoisotopic (exact) mass is 266 g/mol. The number of aliphatic hydroxyl groups excluding tert-OH is 1. The topological polar surface area (TPSA) is 82.1 Å². The van der Waals surface area contributed by atoms with Crippen LogP contribution in [-0.2, 0) is 20.6 Å². The molecular weight excluding hydrogens is 248 g/mol. The molecule has 7 nitrogen and oxygen atoms in total. The molecule has 0 aliphatic rings. The SMILES string of the molecule is CCC(O)Cn1c(C)nc2c(=O)n(C)c(=O)n(C)c21. The molecule has 0 aromatic carbocycles. The van der Waals surface area contributed by atoms with Gasteiger partial charge in [-0.1, -0.05) is 6.92 Å². The molecule has 0 saturated carbocycles. The molecule has 2 heterocycles. The maximum atomic E-state index is 12.0. The molecule has 2 aromatic heterocycles. The smallest absolute Gasteiger partial charge is 0.332 e. The summed E-state index contributed by atoms with van der Waals surface area (Å²) in [6.45, 7) is 3.95. The van der Waals surface area contributed by atoms with Crippen molar-refractivity contribution in [2.24, 2.45) is 14.1 Å². The van der Waals surface area contributed by atoms with Gasteiger partial charge in [0.1, 0.15) is 11.5 Å². The highest BCUT2D eigenvalue weighted by molar-refractivity contribution is 5.70. The number of fused-ring (bicyclic) bond motifs is 1. The minimum atomic E-state index is -0.532. The number of imidazole rings is 1. The summed E-state index contributed by atoms with van der Waals surface area (Å²) in [7, 11) is 3.03. The van der Waals surface area contributed by atoms with E-state index in [9.17, 15) is 14.7 Å². The van der Waals surface area contributed by atoms with Crippen molar-refractivity contribution >= 4 is 11.2 Å². The number of aliphatic hydroxyl groups is 1. The Morgan fingerprint density at radius 1 is 1.26 bits per heavy atom. The summed E-state index contributed by atoms with van der Waals surface area (Å²) in [6, 6.07) is 0. The molecule has 0 spiro atoms. The van der Waals surface area contributed by atoms with Crippen molar-refractivity contribution in [3.63, 3.8) is 0 Å². The van der Waals surface area contributed by atoms with E-state index >= 15 is 0 Å². The normalized spacial score (nSPS) is 13.1. The van der Waals surface area contributed by atoms with E-state index in [1.165, 1.54) is 11.6 Å². The molecule has 0 saturated heterocycles. The van der Waals surface area contributed by atoms with E-state index < -0.39 is 17.4 Å². The van der Waals surface area contributed by atoms with E-state index in [-0.39, 0.29) is 5.52 Å². The van der Waals surface area contributed by atoms with Crippen LogP contribution in [-0.4, -0.2) is 29.9 Å². The standard InChI is InChI=1S/C12H18N4O3/c1-5-8(17)6-16-7(2)13-9-10(16)14(3)12(19)15(4)11(9)18/h8,17H,5-6H2,1-4H3. The first-order chi connectivity index (χ1) is 8.88. The predicted molar refractivity (Wildman–Crippen MR) is 71.2 cm³/mol. The van der Waals surface area contributed by atoms with Gasteiger partial charge in [0.15, 0.2) is 5.52 Å². The van der Waals surface area contributed by atoms with Gasteiger partial charge < -0.3 is 9.67 Å². The van der Waals surface area contributed by atoms with Crippen LogP contribution in [0.25, 0.3) is 11.2 Å². The average molecular weight is 266 g/mol. The van der Waals surface area contributed by atoms with E-state index in [4.69, 9.17) is 0 Å². The first kappa shape index (κ1) is 13.5. The van der Waals surface area contributed by atoms with Gasteiger partial charge in [-0.15, -0.1) is 0 Å². The number of nitrogens with zero attached hydrogens (tertiary/aromatic N) is 4. The van der Waals surface area contributed by atoms with E-state index in [1.54, 1.807) is 18.5 Å². The van der Waals surface area contributed by atoms with E-state index in [0.717, 1.165) is 4.57 Å². The minimum absolute atomic E-state index is 0.255. The van der Waals surface area contributed by atoms with Crippen LogP contribution in [0.15, 0.2) is 9.59 Å². The Bertz CT molecular complexity index is 738. The molecule has 104 valence electrons. The van der Waals surface area contributed by atoms with Gasteiger partial charge in [0, 0.05) is 14.1 Å². The Morgan fingerprint density at radius 2 is 1.89 bits per heavy atom. The molecule has 0 bridgehead atoms. The lowest BCUT2D eigenvalue weighted by atomic mass is 10.3. The van der Waals surface area contributed by atoms with E-state index in [0.29, 0.717) is 24.4 Å². The number of aryl methyl sites for hydroxylation is 2. The summed E-state index contributed by atoms with van der Waals surface area (Å²) in [5, 5.41) is 9.78. The lowest BCUT2D eigenvalue weighted by Crippen LogP contribution is -2.37. The third kappa shape index (κ3) is 1.99. The first-order valence-electron chi connectivity index (χ1n) is 6.19. The van der Waals surface area contributed by atoms with Gasteiger partial charge in [0.05, 0.1) is 12.6 Å². The first-order valence-corrected chi connectivity index (χ1v) is 6.19.